The first-order chi connectivity index (χ1) is 12.5. The van der Waals surface area contributed by atoms with Gasteiger partial charge in [-0.15, -0.1) is 0 Å². The number of rotatable bonds is 4. The Hall–Kier alpha value is -2.37. The van der Waals surface area contributed by atoms with Crippen LogP contribution in [0, 0.1) is 5.41 Å². The molecule has 6 heteroatoms. The zero-order chi connectivity index (χ0) is 18.3. The molecule has 2 aromatic heterocycles. The fraction of sp³-hybridized carbons (Fsp3) is 0.550. The highest BCUT2D eigenvalue weighted by molar-refractivity contribution is 6.00. The molecule has 1 saturated carbocycles. The number of likely N-dealkylation sites (tertiary alicyclic amines) is 1. The van der Waals surface area contributed by atoms with Crippen molar-refractivity contribution < 1.29 is 9.59 Å². The van der Waals surface area contributed by atoms with Gasteiger partial charge in [0.2, 0.25) is 5.91 Å². The molecule has 2 aliphatic rings. The van der Waals surface area contributed by atoms with Crippen LogP contribution >= 0.6 is 0 Å². The Balaban J connectivity index is 1.39. The molecule has 1 aliphatic heterocycles. The molecule has 2 N–H and O–H groups in total. The number of fused-ring (bicyclic) bond motifs is 1. The smallest absolute Gasteiger partial charge is 0.268 e. The Morgan fingerprint density at radius 2 is 2.00 bits per heavy atom. The van der Waals surface area contributed by atoms with Gasteiger partial charge in [-0.2, -0.15) is 0 Å². The third-order valence-electron chi connectivity index (χ3n) is 5.98. The fourth-order valence-electron chi connectivity index (χ4n) is 3.88. The Bertz CT molecular complexity index is 843. The summed E-state index contributed by atoms with van der Waals surface area (Å²) in [5.41, 5.74) is 2.83. The summed E-state index contributed by atoms with van der Waals surface area (Å²) in [6.07, 6.45) is 7.45. The Morgan fingerprint density at radius 3 is 2.65 bits per heavy atom. The van der Waals surface area contributed by atoms with Gasteiger partial charge >= 0.3 is 0 Å². The SMILES string of the molecule is CCc1cc2cc(C(=O)N[C@H](C)C(=O)N3CCC4(CC3)CC4)[nH]c2cn1. The van der Waals surface area contributed by atoms with E-state index < -0.39 is 6.04 Å². The number of nitrogens with zero attached hydrogens (tertiary/aromatic N) is 2. The normalized spacial score (nSPS) is 19.5. The standard InChI is InChI=1S/C20H26N4O2/c1-3-15-10-14-11-16(23-17(14)12-21-15)18(25)22-13(2)19(26)24-8-6-20(4-5-20)7-9-24/h10-13,23H,3-9H2,1-2H3,(H,22,25)/t13-/m1/s1. The average molecular weight is 354 g/mol. The number of aromatic amines is 1. The van der Waals surface area contributed by atoms with Crippen molar-refractivity contribution in [1.82, 2.24) is 20.2 Å². The maximum atomic E-state index is 12.6. The van der Waals surface area contributed by atoms with E-state index in [1.807, 2.05) is 24.0 Å². The van der Waals surface area contributed by atoms with Gasteiger partial charge in [0.15, 0.2) is 0 Å². The van der Waals surface area contributed by atoms with E-state index in [0.717, 1.165) is 48.9 Å². The Labute approximate surface area is 153 Å². The summed E-state index contributed by atoms with van der Waals surface area (Å²) < 4.78 is 0. The number of carbonyl (C=O) groups excluding carboxylic acids is 2. The van der Waals surface area contributed by atoms with Gasteiger partial charge in [-0.3, -0.25) is 14.6 Å². The van der Waals surface area contributed by atoms with Crippen molar-refractivity contribution in [2.75, 3.05) is 13.1 Å². The Morgan fingerprint density at radius 1 is 1.27 bits per heavy atom. The van der Waals surface area contributed by atoms with Crippen molar-refractivity contribution in [3.63, 3.8) is 0 Å². The molecule has 1 spiro atoms. The van der Waals surface area contributed by atoms with E-state index in [4.69, 9.17) is 0 Å². The molecule has 2 aromatic rings. The zero-order valence-corrected chi connectivity index (χ0v) is 15.5. The quantitative estimate of drug-likeness (QED) is 0.886. The second kappa shape index (κ2) is 6.41. The van der Waals surface area contributed by atoms with Gasteiger partial charge in [0.05, 0.1) is 11.7 Å². The van der Waals surface area contributed by atoms with E-state index in [1.165, 1.54) is 12.8 Å². The number of H-pyrrole nitrogens is 1. The number of aromatic nitrogens is 2. The number of hydrogen-bond acceptors (Lipinski definition) is 3. The lowest BCUT2D eigenvalue weighted by atomic mass is 9.93. The minimum absolute atomic E-state index is 0.0138. The van der Waals surface area contributed by atoms with Crippen LogP contribution in [-0.2, 0) is 11.2 Å². The van der Waals surface area contributed by atoms with E-state index in [-0.39, 0.29) is 11.8 Å². The van der Waals surface area contributed by atoms with Crippen molar-refractivity contribution in [3.05, 3.63) is 29.7 Å². The molecule has 2 fully saturated rings. The number of carbonyl (C=O) groups is 2. The minimum Gasteiger partial charge on any atom is -0.349 e. The summed E-state index contributed by atoms with van der Waals surface area (Å²) in [7, 11) is 0. The molecule has 1 aliphatic carbocycles. The van der Waals surface area contributed by atoms with Crippen LogP contribution in [0.2, 0.25) is 0 Å². The highest BCUT2D eigenvalue weighted by Crippen LogP contribution is 2.53. The molecule has 0 radical (unpaired) electrons. The third kappa shape index (κ3) is 3.20. The molecule has 4 rings (SSSR count). The summed E-state index contributed by atoms with van der Waals surface area (Å²) in [5, 5.41) is 3.80. The molecule has 26 heavy (non-hydrogen) atoms. The van der Waals surface area contributed by atoms with Gasteiger partial charge in [-0.25, -0.2) is 0 Å². The molecule has 1 atom stereocenters. The monoisotopic (exact) mass is 354 g/mol. The van der Waals surface area contributed by atoms with E-state index in [2.05, 4.69) is 15.3 Å². The summed E-state index contributed by atoms with van der Waals surface area (Å²) >= 11 is 0. The number of piperidine rings is 1. The zero-order valence-electron chi connectivity index (χ0n) is 15.5. The maximum absolute atomic E-state index is 12.6. The summed E-state index contributed by atoms with van der Waals surface area (Å²) in [6, 6.07) is 3.28. The first-order valence-corrected chi connectivity index (χ1v) is 9.57. The second-order valence-corrected chi connectivity index (χ2v) is 7.82. The predicted molar refractivity (Wildman–Crippen MR) is 99.9 cm³/mol. The molecular formula is C20H26N4O2. The molecule has 138 valence electrons. The van der Waals surface area contributed by atoms with Crippen molar-refractivity contribution >= 4 is 22.7 Å². The van der Waals surface area contributed by atoms with Crippen LogP contribution in [0.15, 0.2) is 18.3 Å². The molecule has 2 amide bonds. The van der Waals surface area contributed by atoms with Crippen molar-refractivity contribution in [3.8, 4) is 0 Å². The van der Waals surface area contributed by atoms with Crippen molar-refractivity contribution in [2.45, 2.75) is 52.0 Å². The summed E-state index contributed by atoms with van der Waals surface area (Å²) in [5.74, 6) is -0.240. The van der Waals surface area contributed by atoms with Crippen molar-refractivity contribution in [1.29, 1.82) is 0 Å². The summed E-state index contributed by atoms with van der Waals surface area (Å²) in [4.78, 5) is 34.5. The highest BCUT2D eigenvalue weighted by atomic mass is 16.2. The second-order valence-electron chi connectivity index (χ2n) is 7.82. The van der Waals surface area contributed by atoms with Crippen LogP contribution < -0.4 is 5.32 Å². The van der Waals surface area contributed by atoms with Gasteiger partial charge in [0.1, 0.15) is 11.7 Å². The largest absolute Gasteiger partial charge is 0.349 e. The van der Waals surface area contributed by atoms with Gasteiger partial charge in [-0.05, 0) is 56.6 Å². The number of nitrogens with one attached hydrogen (secondary N) is 2. The topological polar surface area (TPSA) is 78.1 Å². The molecule has 0 unspecified atom stereocenters. The first kappa shape index (κ1) is 17.1. The molecule has 6 nitrogen and oxygen atoms in total. The lowest BCUT2D eigenvalue weighted by Crippen LogP contribution is -2.49. The molecule has 1 saturated heterocycles. The third-order valence-corrected chi connectivity index (χ3v) is 5.98. The van der Waals surface area contributed by atoms with Gasteiger partial charge in [0, 0.05) is 24.2 Å². The number of aryl methyl sites for hydroxylation is 1. The lowest BCUT2D eigenvalue weighted by molar-refractivity contribution is -0.134. The summed E-state index contributed by atoms with van der Waals surface area (Å²) in [6.45, 7) is 5.45. The van der Waals surface area contributed by atoms with E-state index in [9.17, 15) is 9.59 Å². The van der Waals surface area contributed by atoms with Gasteiger partial charge in [-0.1, -0.05) is 6.92 Å². The van der Waals surface area contributed by atoms with E-state index >= 15 is 0 Å². The average Bonchev–Trinajstić information content (AvgIpc) is 3.26. The van der Waals surface area contributed by atoms with E-state index in [1.54, 1.807) is 13.1 Å². The molecular weight excluding hydrogens is 328 g/mol. The van der Waals surface area contributed by atoms with Gasteiger partial charge in [0.25, 0.3) is 5.91 Å². The number of amides is 2. The van der Waals surface area contributed by atoms with Crippen LogP contribution in [0.3, 0.4) is 0 Å². The molecule has 0 bridgehead atoms. The minimum atomic E-state index is -0.522. The maximum Gasteiger partial charge on any atom is 0.268 e. The van der Waals surface area contributed by atoms with Crippen molar-refractivity contribution in [2.24, 2.45) is 5.41 Å². The van der Waals surface area contributed by atoms with Crippen LogP contribution in [0.1, 0.15) is 55.7 Å². The molecule has 0 aromatic carbocycles. The number of pyridine rings is 1. The Kier molecular flexibility index (Phi) is 4.21. The van der Waals surface area contributed by atoms with Crippen LogP contribution in [0.4, 0.5) is 0 Å². The fourth-order valence-corrected chi connectivity index (χ4v) is 3.88. The lowest BCUT2D eigenvalue weighted by Gasteiger charge is -2.33. The van der Waals surface area contributed by atoms with Crippen LogP contribution in [-0.4, -0.2) is 45.8 Å². The highest BCUT2D eigenvalue weighted by Gasteiger charge is 2.45. The first-order valence-electron chi connectivity index (χ1n) is 9.57. The molecule has 3 heterocycles. The van der Waals surface area contributed by atoms with Gasteiger partial charge < -0.3 is 15.2 Å². The predicted octanol–water partition coefficient (Wildman–Crippen LogP) is 2.65. The number of hydrogen-bond donors (Lipinski definition) is 2. The van der Waals surface area contributed by atoms with E-state index in [0.29, 0.717) is 11.1 Å². The van der Waals surface area contributed by atoms with Crippen LogP contribution in [0.5, 0.6) is 0 Å². The van der Waals surface area contributed by atoms with Crippen LogP contribution in [0.25, 0.3) is 10.9 Å².